The first-order valence-electron chi connectivity index (χ1n) is 10.9. The molecule has 166 valence electrons. The van der Waals surface area contributed by atoms with E-state index in [0.717, 1.165) is 25.8 Å². The Bertz CT molecular complexity index is 765. The summed E-state index contributed by atoms with van der Waals surface area (Å²) in [5, 5.41) is 2.97. The summed E-state index contributed by atoms with van der Waals surface area (Å²) in [6.45, 7) is 6.04. The maximum atomic E-state index is 13.2. The molecule has 0 spiro atoms. The van der Waals surface area contributed by atoms with Crippen LogP contribution < -0.4 is 10.1 Å². The first kappa shape index (κ1) is 22.6. The van der Waals surface area contributed by atoms with Crippen LogP contribution in [0, 0.1) is 11.8 Å². The van der Waals surface area contributed by atoms with Gasteiger partial charge in [-0.2, -0.15) is 0 Å². The normalized spacial score (nSPS) is 26.6. The zero-order chi connectivity index (χ0) is 21.8. The van der Waals surface area contributed by atoms with Crippen molar-refractivity contribution < 1.29 is 19.1 Å². The number of ether oxygens (including phenoxy) is 2. The first-order valence-corrected chi connectivity index (χ1v) is 10.9. The lowest BCUT2D eigenvalue weighted by atomic mass is 9.85. The van der Waals surface area contributed by atoms with E-state index in [9.17, 15) is 9.59 Å². The van der Waals surface area contributed by atoms with E-state index in [1.807, 2.05) is 0 Å². The SMILES string of the molecule is CO[C@@H]1CN(C)C(=O)c2ccc(NC(=O)C3CCC3)cc2OC[C@H](C)N(C)C[C@H]1C. The van der Waals surface area contributed by atoms with Crippen LogP contribution in [0.25, 0.3) is 0 Å². The lowest BCUT2D eigenvalue weighted by Gasteiger charge is -2.34. The van der Waals surface area contributed by atoms with Gasteiger partial charge in [0.2, 0.25) is 5.91 Å². The summed E-state index contributed by atoms with van der Waals surface area (Å²) in [7, 11) is 5.56. The summed E-state index contributed by atoms with van der Waals surface area (Å²) in [5.74, 6) is 0.795. The van der Waals surface area contributed by atoms with Crippen LogP contribution in [0.3, 0.4) is 0 Å². The fraction of sp³-hybridized carbons (Fsp3) is 0.652. The molecule has 0 aromatic heterocycles. The zero-order valence-corrected chi connectivity index (χ0v) is 18.8. The van der Waals surface area contributed by atoms with Crippen LogP contribution in [0.15, 0.2) is 18.2 Å². The highest BCUT2D eigenvalue weighted by molar-refractivity contribution is 5.99. The summed E-state index contributed by atoms with van der Waals surface area (Å²) < 4.78 is 11.8. The molecule has 1 aliphatic heterocycles. The molecule has 3 atom stereocenters. The molecule has 0 bridgehead atoms. The maximum Gasteiger partial charge on any atom is 0.257 e. The Morgan fingerprint density at radius 3 is 2.57 bits per heavy atom. The fourth-order valence-electron chi connectivity index (χ4n) is 3.95. The third-order valence-electron chi connectivity index (χ3n) is 6.50. The van der Waals surface area contributed by atoms with E-state index >= 15 is 0 Å². The van der Waals surface area contributed by atoms with E-state index in [2.05, 4.69) is 31.1 Å². The average Bonchev–Trinajstić information content (AvgIpc) is 2.67. The van der Waals surface area contributed by atoms with Crippen molar-refractivity contribution in [3.8, 4) is 5.75 Å². The van der Waals surface area contributed by atoms with Gasteiger partial charge in [-0.1, -0.05) is 13.3 Å². The molecule has 0 unspecified atom stereocenters. The summed E-state index contributed by atoms with van der Waals surface area (Å²) in [4.78, 5) is 29.4. The molecular weight excluding hydrogens is 382 g/mol. The molecule has 3 rings (SSSR count). The second kappa shape index (κ2) is 9.79. The third-order valence-corrected chi connectivity index (χ3v) is 6.50. The van der Waals surface area contributed by atoms with Crippen molar-refractivity contribution in [3.05, 3.63) is 23.8 Å². The number of carbonyl (C=O) groups excluding carboxylic acids is 2. The Kier molecular flexibility index (Phi) is 7.36. The fourth-order valence-corrected chi connectivity index (χ4v) is 3.95. The Balaban J connectivity index is 1.87. The molecule has 2 aliphatic rings. The number of rotatable bonds is 3. The van der Waals surface area contributed by atoms with Gasteiger partial charge in [-0.3, -0.25) is 14.5 Å². The van der Waals surface area contributed by atoms with Crippen LogP contribution in [0.1, 0.15) is 43.5 Å². The van der Waals surface area contributed by atoms with Crippen LogP contribution in [0.4, 0.5) is 5.69 Å². The van der Waals surface area contributed by atoms with E-state index in [0.29, 0.717) is 30.2 Å². The second-order valence-corrected chi connectivity index (χ2v) is 8.86. The van der Waals surface area contributed by atoms with Gasteiger partial charge in [-0.05, 0) is 44.9 Å². The van der Waals surface area contributed by atoms with E-state index in [4.69, 9.17) is 9.47 Å². The maximum absolute atomic E-state index is 13.2. The Morgan fingerprint density at radius 1 is 1.20 bits per heavy atom. The first-order chi connectivity index (χ1) is 14.3. The Morgan fingerprint density at radius 2 is 1.93 bits per heavy atom. The molecule has 2 amide bonds. The molecule has 1 saturated carbocycles. The lowest BCUT2D eigenvalue weighted by molar-refractivity contribution is -0.122. The van der Waals surface area contributed by atoms with E-state index in [-0.39, 0.29) is 35.8 Å². The number of amides is 2. The molecule has 7 nitrogen and oxygen atoms in total. The summed E-state index contributed by atoms with van der Waals surface area (Å²) in [6, 6.07) is 5.46. The highest BCUT2D eigenvalue weighted by atomic mass is 16.5. The number of hydrogen-bond acceptors (Lipinski definition) is 5. The van der Waals surface area contributed by atoms with Gasteiger partial charge in [0.15, 0.2) is 0 Å². The molecule has 1 aliphatic carbocycles. The minimum atomic E-state index is -0.113. The van der Waals surface area contributed by atoms with Gasteiger partial charge in [0.25, 0.3) is 5.91 Å². The summed E-state index contributed by atoms with van der Waals surface area (Å²) >= 11 is 0. The van der Waals surface area contributed by atoms with Gasteiger partial charge in [0.1, 0.15) is 12.4 Å². The number of methoxy groups -OCH3 is 1. The van der Waals surface area contributed by atoms with Crippen LogP contribution in [-0.2, 0) is 9.53 Å². The van der Waals surface area contributed by atoms with E-state index in [1.165, 1.54) is 0 Å². The zero-order valence-electron chi connectivity index (χ0n) is 18.8. The van der Waals surface area contributed by atoms with Crippen LogP contribution >= 0.6 is 0 Å². The Hall–Kier alpha value is -2.12. The third kappa shape index (κ3) is 5.13. The predicted octanol–water partition coefficient (Wildman–Crippen LogP) is 2.86. The van der Waals surface area contributed by atoms with Crippen molar-refractivity contribution in [1.29, 1.82) is 0 Å². The number of anilines is 1. The van der Waals surface area contributed by atoms with Crippen LogP contribution in [0.2, 0.25) is 0 Å². The van der Waals surface area contributed by atoms with Crippen molar-refractivity contribution in [3.63, 3.8) is 0 Å². The molecule has 7 heteroatoms. The molecule has 0 radical (unpaired) electrons. The topological polar surface area (TPSA) is 71.1 Å². The highest BCUT2D eigenvalue weighted by Crippen LogP contribution is 2.30. The molecule has 1 aromatic rings. The number of hydrogen-bond donors (Lipinski definition) is 1. The van der Waals surface area contributed by atoms with Crippen molar-refractivity contribution in [2.45, 2.75) is 45.3 Å². The van der Waals surface area contributed by atoms with Crippen molar-refractivity contribution in [2.24, 2.45) is 11.8 Å². The summed E-state index contributed by atoms with van der Waals surface area (Å²) in [5.41, 5.74) is 1.16. The largest absolute Gasteiger partial charge is 0.491 e. The van der Waals surface area contributed by atoms with Gasteiger partial charge in [0.05, 0.1) is 11.7 Å². The highest BCUT2D eigenvalue weighted by Gasteiger charge is 2.28. The Labute approximate surface area is 179 Å². The van der Waals surface area contributed by atoms with Gasteiger partial charge < -0.3 is 19.7 Å². The minimum absolute atomic E-state index is 0.0443. The monoisotopic (exact) mass is 417 g/mol. The number of likely N-dealkylation sites (N-methyl/N-ethyl adjacent to an activating group) is 2. The molecule has 1 fully saturated rings. The summed E-state index contributed by atoms with van der Waals surface area (Å²) in [6.07, 6.45) is 2.94. The van der Waals surface area contributed by atoms with Gasteiger partial charge in [0, 0.05) is 51.0 Å². The average molecular weight is 418 g/mol. The van der Waals surface area contributed by atoms with Crippen molar-refractivity contribution in [2.75, 3.05) is 46.2 Å². The number of benzene rings is 1. The molecule has 1 N–H and O–H groups in total. The van der Waals surface area contributed by atoms with Crippen molar-refractivity contribution in [1.82, 2.24) is 9.80 Å². The van der Waals surface area contributed by atoms with Crippen molar-refractivity contribution >= 4 is 17.5 Å². The van der Waals surface area contributed by atoms with Gasteiger partial charge in [-0.15, -0.1) is 0 Å². The number of fused-ring (bicyclic) bond motifs is 1. The molecule has 0 saturated heterocycles. The smallest absolute Gasteiger partial charge is 0.257 e. The molecule has 1 aromatic carbocycles. The minimum Gasteiger partial charge on any atom is -0.491 e. The van der Waals surface area contributed by atoms with Gasteiger partial charge in [-0.25, -0.2) is 0 Å². The standard InChI is InChI=1S/C23H35N3O4/c1-15-12-25(3)16(2)14-30-20-11-18(24-22(27)17-7-6-8-17)9-10-19(20)23(28)26(4)13-21(15)29-5/h9-11,15-17,21H,6-8,12-14H2,1-5H3,(H,24,27)/t15-,16+,21-/m1/s1. The number of carbonyl (C=O) groups is 2. The second-order valence-electron chi connectivity index (χ2n) is 8.86. The van der Waals surface area contributed by atoms with Gasteiger partial charge >= 0.3 is 0 Å². The lowest BCUT2D eigenvalue weighted by Crippen LogP contribution is -2.45. The molecular formula is C23H35N3O4. The number of nitrogens with one attached hydrogen (secondary N) is 1. The molecule has 1 heterocycles. The van der Waals surface area contributed by atoms with Crippen LogP contribution in [0.5, 0.6) is 5.75 Å². The molecule has 30 heavy (non-hydrogen) atoms. The van der Waals surface area contributed by atoms with E-state index in [1.54, 1.807) is 37.3 Å². The van der Waals surface area contributed by atoms with E-state index < -0.39 is 0 Å². The predicted molar refractivity (Wildman–Crippen MR) is 117 cm³/mol. The quantitative estimate of drug-likeness (QED) is 0.819. The van der Waals surface area contributed by atoms with Crippen LogP contribution in [-0.4, -0.2) is 74.7 Å². The number of nitrogens with zero attached hydrogens (tertiary/aromatic N) is 2.